The summed E-state index contributed by atoms with van der Waals surface area (Å²) in [4.78, 5) is 0. The third-order valence-corrected chi connectivity index (χ3v) is 4.30. The van der Waals surface area contributed by atoms with Crippen LogP contribution in [-0.4, -0.2) is 0 Å². The van der Waals surface area contributed by atoms with Gasteiger partial charge in [0, 0.05) is 17.3 Å². The van der Waals surface area contributed by atoms with Crippen molar-refractivity contribution in [3.63, 3.8) is 0 Å². The fourth-order valence-corrected chi connectivity index (χ4v) is 3.14. The van der Waals surface area contributed by atoms with Gasteiger partial charge in [0.15, 0.2) is 0 Å². The third kappa shape index (κ3) is 2.59. The summed E-state index contributed by atoms with van der Waals surface area (Å²) < 4.78 is 27.1. The van der Waals surface area contributed by atoms with Gasteiger partial charge in [0.2, 0.25) is 0 Å². The molecule has 1 aliphatic rings. The van der Waals surface area contributed by atoms with Crippen molar-refractivity contribution < 1.29 is 8.78 Å². The molecule has 0 spiro atoms. The second kappa shape index (κ2) is 5.51. The van der Waals surface area contributed by atoms with Crippen molar-refractivity contribution in [2.45, 2.75) is 12.5 Å². The van der Waals surface area contributed by atoms with E-state index in [4.69, 9.17) is 0 Å². The molecule has 0 amide bonds. The molecule has 1 N–H and O–H groups in total. The van der Waals surface area contributed by atoms with E-state index >= 15 is 0 Å². The van der Waals surface area contributed by atoms with Gasteiger partial charge < -0.3 is 5.32 Å². The van der Waals surface area contributed by atoms with Crippen molar-refractivity contribution in [3.05, 3.63) is 89.5 Å². The lowest BCUT2D eigenvalue weighted by Gasteiger charge is -2.12. The molecular weight excluding hydrogens is 292 g/mol. The first-order chi connectivity index (χ1) is 11.2. The normalized spacial score (nSPS) is 16.0. The average molecular weight is 307 g/mol. The van der Waals surface area contributed by atoms with Crippen molar-refractivity contribution in [2.24, 2.45) is 0 Å². The van der Waals surface area contributed by atoms with E-state index in [0.717, 1.165) is 28.4 Å². The van der Waals surface area contributed by atoms with Crippen LogP contribution in [0.1, 0.15) is 17.2 Å². The fraction of sp³-hybridized carbons (Fsp3) is 0.100. The van der Waals surface area contributed by atoms with Crippen LogP contribution < -0.4 is 5.32 Å². The summed E-state index contributed by atoms with van der Waals surface area (Å²) >= 11 is 0. The van der Waals surface area contributed by atoms with Gasteiger partial charge in [-0.25, -0.2) is 8.78 Å². The van der Waals surface area contributed by atoms with Gasteiger partial charge in [0.1, 0.15) is 11.6 Å². The molecule has 1 aliphatic heterocycles. The number of rotatable bonds is 2. The molecule has 4 rings (SSSR count). The predicted molar refractivity (Wildman–Crippen MR) is 88.3 cm³/mol. The summed E-state index contributed by atoms with van der Waals surface area (Å²) in [6, 6.07) is 20.0. The number of hydrogen-bond donors (Lipinski definition) is 1. The zero-order valence-electron chi connectivity index (χ0n) is 12.4. The van der Waals surface area contributed by atoms with Crippen LogP contribution in [-0.2, 0) is 6.42 Å². The quantitative estimate of drug-likeness (QED) is 0.673. The van der Waals surface area contributed by atoms with Gasteiger partial charge in [-0.2, -0.15) is 0 Å². The number of fused-ring (bicyclic) bond motifs is 1. The highest BCUT2D eigenvalue weighted by molar-refractivity contribution is 5.70. The molecule has 1 atom stereocenters. The molecule has 0 fully saturated rings. The van der Waals surface area contributed by atoms with Crippen molar-refractivity contribution in [1.29, 1.82) is 0 Å². The molecule has 0 bridgehead atoms. The van der Waals surface area contributed by atoms with Crippen LogP contribution in [0.2, 0.25) is 0 Å². The van der Waals surface area contributed by atoms with E-state index in [-0.39, 0.29) is 6.04 Å². The van der Waals surface area contributed by atoms with Gasteiger partial charge in [-0.1, -0.05) is 42.5 Å². The average Bonchev–Trinajstić information content (AvgIpc) is 2.98. The highest BCUT2D eigenvalue weighted by Gasteiger charge is 2.24. The molecule has 23 heavy (non-hydrogen) atoms. The Hall–Kier alpha value is -2.68. The summed E-state index contributed by atoms with van der Waals surface area (Å²) in [6.45, 7) is 0. The summed E-state index contributed by atoms with van der Waals surface area (Å²) in [5.74, 6) is -1.05. The Morgan fingerprint density at radius 2 is 1.65 bits per heavy atom. The minimum Gasteiger partial charge on any atom is -0.378 e. The maximum atomic E-state index is 14.0. The Bertz CT molecular complexity index is 859. The second-order valence-corrected chi connectivity index (χ2v) is 5.80. The van der Waals surface area contributed by atoms with E-state index in [1.165, 1.54) is 12.1 Å². The Balaban J connectivity index is 1.65. The molecule has 114 valence electrons. The van der Waals surface area contributed by atoms with Gasteiger partial charge in [-0.3, -0.25) is 0 Å². The van der Waals surface area contributed by atoms with E-state index in [1.54, 1.807) is 0 Å². The largest absolute Gasteiger partial charge is 0.378 e. The molecule has 0 saturated heterocycles. The molecular formula is C20H15F2N. The number of halogens is 2. The van der Waals surface area contributed by atoms with Gasteiger partial charge >= 0.3 is 0 Å². The van der Waals surface area contributed by atoms with E-state index in [9.17, 15) is 8.78 Å². The Morgan fingerprint density at radius 1 is 0.826 bits per heavy atom. The summed E-state index contributed by atoms with van der Waals surface area (Å²) in [6.07, 6.45) is 0.693. The number of anilines is 1. The van der Waals surface area contributed by atoms with E-state index in [1.807, 2.05) is 24.3 Å². The van der Waals surface area contributed by atoms with Gasteiger partial charge in [-0.15, -0.1) is 0 Å². The second-order valence-electron chi connectivity index (χ2n) is 5.80. The van der Waals surface area contributed by atoms with Crippen molar-refractivity contribution in [3.8, 4) is 11.1 Å². The molecule has 3 heteroatoms. The van der Waals surface area contributed by atoms with Crippen molar-refractivity contribution in [1.82, 2.24) is 0 Å². The smallest absolute Gasteiger partial charge is 0.131 e. The van der Waals surface area contributed by atoms with Crippen LogP contribution in [0.15, 0.2) is 66.7 Å². The predicted octanol–water partition coefficient (Wildman–Crippen LogP) is 5.34. The lowest BCUT2D eigenvalue weighted by molar-refractivity contribution is 0.563. The lowest BCUT2D eigenvalue weighted by Crippen LogP contribution is -2.08. The molecule has 0 aromatic heterocycles. The number of nitrogens with one attached hydrogen (secondary N) is 1. The van der Waals surface area contributed by atoms with Crippen LogP contribution in [0.3, 0.4) is 0 Å². The molecule has 1 unspecified atom stereocenters. The molecule has 0 saturated carbocycles. The first-order valence-electron chi connectivity index (χ1n) is 7.60. The molecule has 1 nitrogen and oxygen atoms in total. The van der Waals surface area contributed by atoms with E-state index < -0.39 is 11.6 Å². The maximum absolute atomic E-state index is 14.0. The first kappa shape index (κ1) is 13.9. The van der Waals surface area contributed by atoms with Crippen LogP contribution in [0.5, 0.6) is 0 Å². The van der Waals surface area contributed by atoms with E-state index in [2.05, 4.69) is 29.6 Å². The zero-order chi connectivity index (χ0) is 15.8. The summed E-state index contributed by atoms with van der Waals surface area (Å²) in [7, 11) is 0. The Morgan fingerprint density at radius 3 is 2.43 bits per heavy atom. The Kier molecular flexibility index (Phi) is 3.34. The summed E-state index contributed by atoms with van der Waals surface area (Å²) in [5, 5.41) is 3.33. The van der Waals surface area contributed by atoms with Crippen molar-refractivity contribution >= 4 is 5.69 Å². The zero-order valence-corrected chi connectivity index (χ0v) is 12.4. The minimum atomic E-state index is -0.548. The van der Waals surface area contributed by atoms with Gasteiger partial charge in [-0.05, 0) is 41.3 Å². The van der Waals surface area contributed by atoms with Crippen LogP contribution >= 0.6 is 0 Å². The SMILES string of the molecule is Fc1ccc(C2Cc3cc(-c4ccccc4)ccc3N2)c(F)c1. The van der Waals surface area contributed by atoms with Crippen LogP contribution in [0, 0.1) is 11.6 Å². The standard InChI is InChI=1S/C20H15F2N/c21-16-7-8-17(18(22)12-16)20-11-15-10-14(6-9-19(15)23-20)13-4-2-1-3-5-13/h1-10,12,20,23H,11H2. The highest BCUT2D eigenvalue weighted by Crippen LogP contribution is 2.37. The lowest BCUT2D eigenvalue weighted by atomic mass is 9.99. The molecule has 3 aromatic rings. The fourth-order valence-electron chi connectivity index (χ4n) is 3.14. The molecule has 0 aliphatic carbocycles. The topological polar surface area (TPSA) is 12.0 Å². The first-order valence-corrected chi connectivity index (χ1v) is 7.60. The van der Waals surface area contributed by atoms with Crippen molar-refractivity contribution in [2.75, 3.05) is 5.32 Å². The molecule has 1 heterocycles. The Labute approximate surface area is 133 Å². The van der Waals surface area contributed by atoms with Crippen LogP contribution in [0.25, 0.3) is 11.1 Å². The number of hydrogen-bond acceptors (Lipinski definition) is 1. The maximum Gasteiger partial charge on any atom is 0.131 e. The summed E-state index contributed by atoms with van der Waals surface area (Å²) in [5.41, 5.74) is 4.97. The number of benzene rings is 3. The molecule has 3 aromatic carbocycles. The molecule has 0 radical (unpaired) electrons. The van der Waals surface area contributed by atoms with Gasteiger partial charge in [0.05, 0.1) is 6.04 Å². The van der Waals surface area contributed by atoms with Gasteiger partial charge in [0.25, 0.3) is 0 Å². The highest BCUT2D eigenvalue weighted by atomic mass is 19.1. The van der Waals surface area contributed by atoms with Crippen LogP contribution in [0.4, 0.5) is 14.5 Å². The minimum absolute atomic E-state index is 0.156. The van der Waals surface area contributed by atoms with E-state index in [0.29, 0.717) is 12.0 Å². The third-order valence-electron chi connectivity index (χ3n) is 4.30. The monoisotopic (exact) mass is 307 g/mol.